The van der Waals surface area contributed by atoms with E-state index >= 15 is 0 Å². The molecule has 0 fully saturated rings. The van der Waals surface area contributed by atoms with Gasteiger partial charge in [0.2, 0.25) is 5.91 Å². The van der Waals surface area contributed by atoms with Crippen molar-refractivity contribution in [2.75, 3.05) is 6.54 Å². The second-order valence-corrected chi connectivity index (χ2v) is 6.76. The van der Waals surface area contributed by atoms with E-state index in [0.29, 0.717) is 13.0 Å². The number of benzene rings is 1. The highest BCUT2D eigenvalue weighted by molar-refractivity contribution is 7.12. The zero-order valence-corrected chi connectivity index (χ0v) is 14.5. The van der Waals surface area contributed by atoms with Gasteiger partial charge >= 0.3 is 0 Å². The van der Waals surface area contributed by atoms with E-state index < -0.39 is 0 Å². The van der Waals surface area contributed by atoms with Gasteiger partial charge in [-0.2, -0.15) is 5.10 Å². The number of hydrogen-bond acceptors (Lipinski definition) is 5. The van der Waals surface area contributed by atoms with E-state index in [-0.39, 0.29) is 11.9 Å². The van der Waals surface area contributed by atoms with Crippen LogP contribution >= 0.6 is 11.3 Å². The van der Waals surface area contributed by atoms with Crippen LogP contribution in [0.25, 0.3) is 11.3 Å². The number of amides is 1. The summed E-state index contributed by atoms with van der Waals surface area (Å²) >= 11 is 1.68. The maximum absolute atomic E-state index is 12.1. The number of carbonyl (C=O) groups is 1. The summed E-state index contributed by atoms with van der Waals surface area (Å²) in [6, 6.07) is 9.78. The van der Waals surface area contributed by atoms with Gasteiger partial charge in [-0.15, -0.1) is 11.3 Å². The highest BCUT2D eigenvalue weighted by Crippen LogP contribution is 2.27. The molecule has 3 aromatic rings. The lowest BCUT2D eigenvalue weighted by Gasteiger charge is -2.11. The van der Waals surface area contributed by atoms with E-state index in [1.807, 2.05) is 18.2 Å². The minimum absolute atomic E-state index is 0.0722. The van der Waals surface area contributed by atoms with Crippen LogP contribution in [0.3, 0.4) is 0 Å². The number of rotatable bonds is 6. The molecule has 2 aromatic heterocycles. The van der Waals surface area contributed by atoms with Crippen LogP contribution in [0.4, 0.5) is 0 Å². The number of carbonyl (C=O) groups excluding carboxylic acids is 1. The van der Waals surface area contributed by atoms with Crippen LogP contribution in [0.15, 0.2) is 43.0 Å². The van der Waals surface area contributed by atoms with E-state index in [4.69, 9.17) is 4.98 Å². The van der Waals surface area contributed by atoms with Crippen LogP contribution in [-0.2, 0) is 11.2 Å². The van der Waals surface area contributed by atoms with Gasteiger partial charge in [0.1, 0.15) is 18.7 Å². The van der Waals surface area contributed by atoms with Crippen LogP contribution in [0, 0.1) is 6.92 Å². The molecular weight excluding hydrogens is 322 g/mol. The first kappa shape index (κ1) is 16.3. The summed E-state index contributed by atoms with van der Waals surface area (Å²) in [7, 11) is 0. The molecule has 0 bridgehead atoms. The van der Waals surface area contributed by atoms with Crippen molar-refractivity contribution >= 4 is 17.2 Å². The fourth-order valence-corrected chi connectivity index (χ4v) is 3.35. The van der Waals surface area contributed by atoms with E-state index in [2.05, 4.69) is 34.5 Å². The lowest BCUT2D eigenvalue weighted by molar-refractivity contribution is -0.124. The Morgan fingerprint density at radius 1 is 1.33 bits per heavy atom. The van der Waals surface area contributed by atoms with Crippen molar-refractivity contribution in [2.24, 2.45) is 0 Å². The average molecular weight is 341 g/mol. The van der Waals surface area contributed by atoms with Gasteiger partial charge in [0.05, 0.1) is 10.7 Å². The van der Waals surface area contributed by atoms with Crippen molar-refractivity contribution in [3.8, 4) is 11.3 Å². The van der Waals surface area contributed by atoms with Crippen molar-refractivity contribution in [3.05, 3.63) is 52.9 Å². The van der Waals surface area contributed by atoms with Gasteiger partial charge in [0, 0.05) is 23.4 Å². The second-order valence-electron chi connectivity index (χ2n) is 5.47. The summed E-state index contributed by atoms with van der Waals surface area (Å²) in [6.07, 6.45) is 3.68. The van der Waals surface area contributed by atoms with Crippen molar-refractivity contribution in [3.63, 3.8) is 0 Å². The number of aryl methyl sites for hydroxylation is 1. The third-order valence-electron chi connectivity index (χ3n) is 3.74. The van der Waals surface area contributed by atoms with Crippen molar-refractivity contribution in [1.29, 1.82) is 0 Å². The Kier molecular flexibility index (Phi) is 5.00. The fourth-order valence-electron chi connectivity index (χ4n) is 2.40. The van der Waals surface area contributed by atoms with Crippen LogP contribution in [0.2, 0.25) is 0 Å². The summed E-state index contributed by atoms with van der Waals surface area (Å²) in [4.78, 5) is 21.9. The van der Waals surface area contributed by atoms with Crippen molar-refractivity contribution in [1.82, 2.24) is 25.1 Å². The SMILES string of the molecule is Cc1sc(CCNC(=O)[C@H](C)n2cncn2)nc1-c1ccccc1. The lowest BCUT2D eigenvalue weighted by Crippen LogP contribution is -2.32. The molecule has 6 nitrogen and oxygen atoms in total. The molecule has 1 aromatic carbocycles. The van der Waals surface area contributed by atoms with E-state index in [1.165, 1.54) is 15.9 Å². The minimum atomic E-state index is -0.370. The minimum Gasteiger partial charge on any atom is -0.354 e. The molecule has 0 saturated carbocycles. The van der Waals surface area contributed by atoms with Gasteiger partial charge < -0.3 is 5.32 Å². The first-order chi connectivity index (χ1) is 11.6. The largest absolute Gasteiger partial charge is 0.354 e. The maximum Gasteiger partial charge on any atom is 0.244 e. The van der Waals surface area contributed by atoms with E-state index in [0.717, 1.165) is 16.3 Å². The standard InChI is InChI=1S/C17H19N5OS/c1-12(22-11-18-10-20-22)17(23)19-9-8-15-21-16(13(2)24-15)14-6-4-3-5-7-14/h3-7,10-12H,8-9H2,1-2H3,(H,19,23)/t12-/m0/s1. The summed E-state index contributed by atoms with van der Waals surface area (Å²) < 4.78 is 1.54. The molecule has 3 rings (SSSR count). The first-order valence-corrected chi connectivity index (χ1v) is 8.60. The lowest BCUT2D eigenvalue weighted by atomic mass is 10.1. The number of aromatic nitrogens is 4. The third-order valence-corrected chi connectivity index (χ3v) is 4.77. The number of hydrogen-bond donors (Lipinski definition) is 1. The Hall–Kier alpha value is -2.54. The van der Waals surface area contributed by atoms with Gasteiger partial charge in [-0.1, -0.05) is 30.3 Å². The van der Waals surface area contributed by atoms with Gasteiger partial charge in [0.15, 0.2) is 0 Å². The molecule has 24 heavy (non-hydrogen) atoms. The fraction of sp³-hybridized carbons (Fsp3) is 0.294. The molecule has 1 atom stereocenters. The summed E-state index contributed by atoms with van der Waals surface area (Å²) in [6.45, 7) is 4.43. The van der Waals surface area contributed by atoms with Gasteiger partial charge in [0.25, 0.3) is 0 Å². The van der Waals surface area contributed by atoms with E-state index in [1.54, 1.807) is 24.6 Å². The van der Waals surface area contributed by atoms with Crippen LogP contribution in [0.5, 0.6) is 0 Å². The quantitative estimate of drug-likeness (QED) is 0.748. The molecule has 0 unspecified atom stereocenters. The van der Waals surface area contributed by atoms with Crippen LogP contribution < -0.4 is 5.32 Å². The third kappa shape index (κ3) is 3.68. The molecule has 0 aliphatic rings. The number of thiazole rings is 1. The molecule has 0 radical (unpaired) electrons. The summed E-state index contributed by atoms with van der Waals surface area (Å²) in [5.74, 6) is -0.0722. The second kappa shape index (κ2) is 7.35. The Morgan fingerprint density at radius 3 is 2.83 bits per heavy atom. The van der Waals surface area contributed by atoms with Gasteiger partial charge in [-0.05, 0) is 13.8 Å². The Labute approximate surface area is 144 Å². The topological polar surface area (TPSA) is 72.7 Å². The average Bonchev–Trinajstić information content (AvgIpc) is 3.25. The monoisotopic (exact) mass is 341 g/mol. The number of nitrogens with one attached hydrogen (secondary N) is 1. The molecule has 0 spiro atoms. The molecule has 0 aliphatic carbocycles. The zero-order chi connectivity index (χ0) is 16.9. The molecular formula is C17H19N5OS. The highest BCUT2D eigenvalue weighted by Gasteiger charge is 2.15. The smallest absolute Gasteiger partial charge is 0.244 e. The Balaban J connectivity index is 1.57. The van der Waals surface area contributed by atoms with Crippen molar-refractivity contribution in [2.45, 2.75) is 26.3 Å². The molecule has 1 N–H and O–H groups in total. The molecule has 1 amide bonds. The Morgan fingerprint density at radius 2 is 2.12 bits per heavy atom. The number of nitrogens with zero attached hydrogens (tertiary/aromatic N) is 4. The summed E-state index contributed by atoms with van der Waals surface area (Å²) in [5, 5.41) is 7.94. The molecule has 0 saturated heterocycles. The molecule has 7 heteroatoms. The van der Waals surface area contributed by atoms with Gasteiger partial charge in [-0.3, -0.25) is 4.79 Å². The molecule has 124 valence electrons. The molecule has 2 heterocycles. The predicted octanol–water partition coefficient (Wildman–Crippen LogP) is 2.63. The van der Waals surface area contributed by atoms with E-state index in [9.17, 15) is 4.79 Å². The Bertz CT molecular complexity index is 798. The zero-order valence-electron chi connectivity index (χ0n) is 13.6. The van der Waals surface area contributed by atoms with Gasteiger partial charge in [-0.25, -0.2) is 14.6 Å². The normalized spacial score (nSPS) is 12.1. The van der Waals surface area contributed by atoms with Crippen LogP contribution in [-0.4, -0.2) is 32.2 Å². The van der Waals surface area contributed by atoms with Crippen molar-refractivity contribution < 1.29 is 4.79 Å². The predicted molar refractivity (Wildman–Crippen MR) is 93.7 cm³/mol. The molecule has 0 aliphatic heterocycles. The summed E-state index contributed by atoms with van der Waals surface area (Å²) in [5.41, 5.74) is 2.15. The highest BCUT2D eigenvalue weighted by atomic mass is 32.1. The van der Waals surface area contributed by atoms with Crippen LogP contribution in [0.1, 0.15) is 22.9 Å². The first-order valence-electron chi connectivity index (χ1n) is 7.78. The maximum atomic E-state index is 12.1.